The summed E-state index contributed by atoms with van der Waals surface area (Å²) in [6.07, 6.45) is 2.42. The number of hydrogen-bond donors (Lipinski definition) is 2. The van der Waals surface area contributed by atoms with Gasteiger partial charge < -0.3 is 14.6 Å². The number of phenols is 1. The summed E-state index contributed by atoms with van der Waals surface area (Å²) in [5.41, 5.74) is 8.66. The monoisotopic (exact) mass is 434 g/mol. The van der Waals surface area contributed by atoms with Crippen molar-refractivity contribution in [3.63, 3.8) is 0 Å². The number of nitrogens with one attached hydrogen (secondary N) is 1. The molecule has 4 rings (SSSR count). The van der Waals surface area contributed by atoms with E-state index >= 15 is 0 Å². The highest BCUT2D eigenvalue weighted by molar-refractivity contribution is 7.92. The second kappa shape index (κ2) is 8.85. The molecule has 1 unspecified atom stereocenters. The van der Waals surface area contributed by atoms with Gasteiger partial charge in [0.15, 0.2) is 5.75 Å². The van der Waals surface area contributed by atoms with Crippen molar-refractivity contribution in [3.8, 4) is 16.9 Å². The molecule has 3 aromatic carbocycles. The van der Waals surface area contributed by atoms with Crippen LogP contribution in [0.25, 0.3) is 11.1 Å². The molecule has 1 aliphatic heterocycles. The maximum absolute atomic E-state index is 13.3. The van der Waals surface area contributed by atoms with Crippen molar-refractivity contribution in [2.75, 3.05) is 22.7 Å². The van der Waals surface area contributed by atoms with Gasteiger partial charge in [0.2, 0.25) is 4.90 Å². The van der Waals surface area contributed by atoms with Crippen LogP contribution in [0.1, 0.15) is 35.1 Å². The molecule has 0 amide bonds. The smallest absolute Gasteiger partial charge is 0.221 e. The molecule has 0 saturated carbocycles. The van der Waals surface area contributed by atoms with Crippen LogP contribution >= 0.6 is 0 Å². The number of hydrogen-bond acceptors (Lipinski definition) is 4. The van der Waals surface area contributed by atoms with Gasteiger partial charge in [-0.1, -0.05) is 42.0 Å². The molecule has 0 bridgehead atoms. The molecule has 1 heterocycles. The topological polar surface area (TPSA) is 58.6 Å². The minimum Gasteiger partial charge on any atom is -0.588 e. The van der Waals surface area contributed by atoms with Crippen LogP contribution in [0.15, 0.2) is 53.4 Å². The fraction of sp³-hybridized carbons (Fsp3) is 0.308. The van der Waals surface area contributed by atoms with E-state index in [2.05, 4.69) is 35.6 Å². The Morgan fingerprint density at radius 1 is 0.903 bits per heavy atom. The van der Waals surface area contributed by atoms with Gasteiger partial charge in [0.05, 0.1) is 5.69 Å². The van der Waals surface area contributed by atoms with E-state index in [4.69, 9.17) is 0 Å². The number of aryl methyl sites for hydroxylation is 3. The van der Waals surface area contributed by atoms with Crippen molar-refractivity contribution in [2.45, 2.75) is 45.4 Å². The SMILES string of the molecule is Cc1cccc(-c2ccc(O)c([S+]([O-])Nc3c(C)cc(C)c(N4CCCC4)c3C)c2)c1. The first-order valence-electron chi connectivity index (χ1n) is 10.8. The highest BCUT2D eigenvalue weighted by Crippen LogP contribution is 2.37. The Balaban J connectivity index is 1.68. The van der Waals surface area contributed by atoms with E-state index in [1.54, 1.807) is 6.07 Å². The van der Waals surface area contributed by atoms with Gasteiger partial charge in [-0.25, -0.2) is 4.72 Å². The fourth-order valence-corrected chi connectivity index (χ4v) is 5.68. The Hall–Kier alpha value is -2.63. The predicted molar refractivity (Wildman–Crippen MR) is 130 cm³/mol. The van der Waals surface area contributed by atoms with Crippen LogP contribution in [0, 0.1) is 27.7 Å². The van der Waals surface area contributed by atoms with Crippen molar-refractivity contribution in [3.05, 3.63) is 70.8 Å². The summed E-state index contributed by atoms with van der Waals surface area (Å²) in [6.45, 7) is 10.4. The van der Waals surface area contributed by atoms with Crippen molar-refractivity contribution < 1.29 is 9.66 Å². The van der Waals surface area contributed by atoms with E-state index in [-0.39, 0.29) is 5.75 Å². The third kappa shape index (κ3) is 4.39. The molecule has 1 fully saturated rings. The Morgan fingerprint density at radius 3 is 2.32 bits per heavy atom. The van der Waals surface area contributed by atoms with E-state index in [1.165, 1.54) is 24.1 Å². The van der Waals surface area contributed by atoms with E-state index in [1.807, 2.05) is 44.2 Å². The van der Waals surface area contributed by atoms with Crippen LogP contribution in [0.2, 0.25) is 0 Å². The van der Waals surface area contributed by atoms with Gasteiger partial charge in [-0.05, 0) is 68.9 Å². The van der Waals surface area contributed by atoms with E-state index in [0.717, 1.165) is 46.6 Å². The summed E-state index contributed by atoms with van der Waals surface area (Å²) in [4.78, 5) is 2.81. The van der Waals surface area contributed by atoms with E-state index in [0.29, 0.717) is 4.90 Å². The van der Waals surface area contributed by atoms with Gasteiger partial charge in [-0.15, -0.1) is 0 Å². The first-order chi connectivity index (χ1) is 14.8. The minimum atomic E-state index is -1.59. The van der Waals surface area contributed by atoms with Crippen LogP contribution in [-0.4, -0.2) is 22.7 Å². The summed E-state index contributed by atoms with van der Waals surface area (Å²) in [5.74, 6) is 0.0319. The van der Waals surface area contributed by atoms with Crippen LogP contribution in [0.5, 0.6) is 5.75 Å². The zero-order valence-electron chi connectivity index (χ0n) is 18.7. The summed E-state index contributed by atoms with van der Waals surface area (Å²) in [6, 6.07) is 15.6. The number of nitrogens with zero attached hydrogens (tertiary/aromatic N) is 1. The Labute approximate surface area is 188 Å². The lowest BCUT2D eigenvalue weighted by Crippen LogP contribution is -2.22. The second-order valence-corrected chi connectivity index (χ2v) is 9.66. The zero-order chi connectivity index (χ0) is 22.1. The number of phenolic OH excluding ortho intramolecular Hbond substituents is 1. The van der Waals surface area contributed by atoms with Gasteiger partial charge in [-0.3, -0.25) is 0 Å². The van der Waals surface area contributed by atoms with Crippen molar-refractivity contribution >= 4 is 22.7 Å². The van der Waals surface area contributed by atoms with Gasteiger partial charge in [0, 0.05) is 30.4 Å². The molecule has 3 aromatic rings. The maximum atomic E-state index is 13.3. The molecular formula is C26H30N2O2S. The number of anilines is 2. The average Bonchev–Trinajstić information content (AvgIpc) is 3.25. The molecule has 162 valence electrons. The standard InChI is InChI=1S/C26H30N2O2S/c1-17-8-7-9-21(14-17)22-10-11-23(29)24(16-22)31(30)27-25-18(2)15-19(3)26(20(25)4)28-12-5-6-13-28/h7-11,14-16,27,29H,5-6,12-13H2,1-4H3. The summed E-state index contributed by atoms with van der Waals surface area (Å²) < 4.78 is 16.5. The summed E-state index contributed by atoms with van der Waals surface area (Å²) in [7, 11) is 0. The third-order valence-corrected chi connectivity index (χ3v) is 7.18. The van der Waals surface area contributed by atoms with Gasteiger partial charge in [0.1, 0.15) is 11.4 Å². The summed E-state index contributed by atoms with van der Waals surface area (Å²) in [5, 5.41) is 10.5. The minimum absolute atomic E-state index is 0.0319. The second-order valence-electron chi connectivity index (χ2n) is 8.48. The Bertz CT molecular complexity index is 1110. The lowest BCUT2D eigenvalue weighted by atomic mass is 10.0. The number of aromatic hydroxyl groups is 1. The van der Waals surface area contributed by atoms with Crippen molar-refractivity contribution in [1.82, 2.24) is 0 Å². The zero-order valence-corrected chi connectivity index (χ0v) is 19.5. The van der Waals surface area contributed by atoms with E-state index < -0.39 is 11.4 Å². The van der Waals surface area contributed by atoms with Crippen molar-refractivity contribution in [1.29, 1.82) is 0 Å². The molecule has 1 saturated heterocycles. The molecule has 0 aromatic heterocycles. The van der Waals surface area contributed by atoms with Crippen LogP contribution in [-0.2, 0) is 11.4 Å². The van der Waals surface area contributed by atoms with Crippen molar-refractivity contribution in [2.24, 2.45) is 0 Å². The molecular weight excluding hydrogens is 404 g/mol. The first-order valence-corrected chi connectivity index (χ1v) is 11.9. The molecule has 31 heavy (non-hydrogen) atoms. The third-order valence-electron chi connectivity index (χ3n) is 6.06. The molecule has 0 aliphatic carbocycles. The van der Waals surface area contributed by atoms with Crippen LogP contribution in [0.4, 0.5) is 11.4 Å². The highest BCUT2D eigenvalue weighted by atomic mass is 32.2. The number of benzene rings is 3. The first kappa shape index (κ1) is 21.6. The van der Waals surface area contributed by atoms with Crippen LogP contribution in [0.3, 0.4) is 0 Å². The predicted octanol–water partition coefficient (Wildman–Crippen LogP) is 6.03. The molecule has 0 spiro atoms. The molecule has 1 atom stereocenters. The molecule has 1 aliphatic rings. The van der Waals surface area contributed by atoms with E-state index in [9.17, 15) is 9.66 Å². The lowest BCUT2D eigenvalue weighted by Gasteiger charge is -2.26. The highest BCUT2D eigenvalue weighted by Gasteiger charge is 2.24. The Morgan fingerprint density at radius 2 is 1.61 bits per heavy atom. The largest absolute Gasteiger partial charge is 0.588 e. The van der Waals surface area contributed by atoms with Gasteiger partial charge in [0.25, 0.3) is 0 Å². The number of rotatable bonds is 5. The fourth-order valence-electron chi connectivity index (χ4n) is 4.57. The van der Waals surface area contributed by atoms with Gasteiger partial charge in [-0.2, -0.15) is 0 Å². The maximum Gasteiger partial charge on any atom is 0.221 e. The molecule has 5 heteroatoms. The normalized spacial score (nSPS) is 14.7. The lowest BCUT2D eigenvalue weighted by molar-refractivity contribution is 0.459. The molecule has 4 nitrogen and oxygen atoms in total. The average molecular weight is 435 g/mol. The molecule has 2 N–H and O–H groups in total. The Kier molecular flexibility index (Phi) is 6.17. The quantitative estimate of drug-likeness (QED) is 0.482. The van der Waals surface area contributed by atoms with Crippen LogP contribution < -0.4 is 9.62 Å². The summed E-state index contributed by atoms with van der Waals surface area (Å²) >= 11 is -1.59. The van der Waals surface area contributed by atoms with Gasteiger partial charge >= 0.3 is 0 Å². The molecule has 0 radical (unpaired) electrons.